The summed E-state index contributed by atoms with van der Waals surface area (Å²) in [6.45, 7) is 4.82. The minimum Gasteiger partial charge on any atom is -0.366 e. The second-order valence-electron chi connectivity index (χ2n) is 4.84. The average Bonchev–Trinajstić information content (AvgIpc) is 2.28. The van der Waals surface area contributed by atoms with E-state index < -0.39 is 11.6 Å². The van der Waals surface area contributed by atoms with Crippen LogP contribution in [0.15, 0.2) is 18.2 Å². The predicted octanol–water partition coefficient (Wildman–Crippen LogP) is 2.53. The number of nitrogens with zero attached hydrogens (tertiary/aromatic N) is 1. The smallest absolute Gasteiger partial charge is 0.149 e. The molecule has 2 nitrogen and oxygen atoms in total. The van der Waals surface area contributed by atoms with Crippen LogP contribution in [0.3, 0.4) is 0 Å². The molecule has 0 radical (unpaired) electrons. The Morgan fingerprint density at radius 3 is 2.65 bits per heavy atom. The van der Waals surface area contributed by atoms with Gasteiger partial charge in [0.2, 0.25) is 0 Å². The van der Waals surface area contributed by atoms with Crippen molar-refractivity contribution in [2.24, 2.45) is 11.7 Å². The maximum absolute atomic E-state index is 13.7. The molecule has 1 fully saturated rings. The van der Waals surface area contributed by atoms with Crippen molar-refractivity contribution in [2.75, 3.05) is 11.4 Å². The van der Waals surface area contributed by atoms with Crippen molar-refractivity contribution < 1.29 is 8.78 Å². The van der Waals surface area contributed by atoms with Crippen molar-refractivity contribution in [1.82, 2.24) is 0 Å². The summed E-state index contributed by atoms with van der Waals surface area (Å²) in [7, 11) is 0. The summed E-state index contributed by atoms with van der Waals surface area (Å²) in [4.78, 5) is 1.98. The zero-order valence-electron chi connectivity index (χ0n) is 10.2. The van der Waals surface area contributed by atoms with Gasteiger partial charge in [0.15, 0.2) is 0 Å². The van der Waals surface area contributed by atoms with E-state index in [0.717, 1.165) is 19.0 Å². The van der Waals surface area contributed by atoms with Gasteiger partial charge >= 0.3 is 0 Å². The summed E-state index contributed by atoms with van der Waals surface area (Å²) in [5, 5.41) is 0. The SMILES string of the molecule is CC1C(N)CCN(c2ccc(F)cc2F)C1C. The quantitative estimate of drug-likeness (QED) is 0.817. The van der Waals surface area contributed by atoms with Crippen LogP contribution in [0.1, 0.15) is 20.3 Å². The van der Waals surface area contributed by atoms with Crippen molar-refractivity contribution >= 4 is 5.69 Å². The maximum Gasteiger partial charge on any atom is 0.149 e. The fourth-order valence-electron chi connectivity index (χ4n) is 2.45. The van der Waals surface area contributed by atoms with Gasteiger partial charge in [-0.3, -0.25) is 0 Å². The monoisotopic (exact) mass is 240 g/mol. The molecule has 2 N–H and O–H groups in total. The van der Waals surface area contributed by atoms with E-state index in [2.05, 4.69) is 6.92 Å². The standard InChI is InChI=1S/C13H18F2N2/c1-8-9(2)17(6-5-12(8)16)13-4-3-10(14)7-11(13)15/h3-4,7-9,12H,5-6,16H2,1-2H3. The number of anilines is 1. The zero-order valence-corrected chi connectivity index (χ0v) is 10.2. The number of piperidine rings is 1. The highest BCUT2D eigenvalue weighted by Crippen LogP contribution is 2.29. The normalized spacial score (nSPS) is 29.5. The van der Waals surface area contributed by atoms with Gasteiger partial charge in [-0.05, 0) is 31.4 Å². The number of hydrogen-bond donors (Lipinski definition) is 1. The molecule has 1 heterocycles. The van der Waals surface area contributed by atoms with Crippen LogP contribution in [0, 0.1) is 17.6 Å². The molecule has 0 spiro atoms. The Morgan fingerprint density at radius 2 is 2.00 bits per heavy atom. The van der Waals surface area contributed by atoms with Crippen molar-refractivity contribution in [2.45, 2.75) is 32.4 Å². The minimum atomic E-state index is -0.541. The molecule has 0 aromatic heterocycles. The molecule has 4 heteroatoms. The number of benzene rings is 1. The summed E-state index contributed by atoms with van der Waals surface area (Å²) in [6, 6.07) is 4.06. The van der Waals surface area contributed by atoms with E-state index in [1.165, 1.54) is 12.1 Å². The topological polar surface area (TPSA) is 29.3 Å². The molecule has 17 heavy (non-hydrogen) atoms. The van der Waals surface area contributed by atoms with Crippen LogP contribution in [0.4, 0.5) is 14.5 Å². The Hall–Kier alpha value is -1.16. The van der Waals surface area contributed by atoms with Crippen molar-refractivity contribution in [3.63, 3.8) is 0 Å². The van der Waals surface area contributed by atoms with Gasteiger partial charge in [0.25, 0.3) is 0 Å². The van der Waals surface area contributed by atoms with Crippen LogP contribution in [0.25, 0.3) is 0 Å². The second-order valence-corrected chi connectivity index (χ2v) is 4.84. The minimum absolute atomic E-state index is 0.157. The Balaban J connectivity index is 2.28. The predicted molar refractivity (Wildman–Crippen MR) is 64.9 cm³/mol. The first-order valence-electron chi connectivity index (χ1n) is 5.98. The van der Waals surface area contributed by atoms with Gasteiger partial charge in [0, 0.05) is 24.7 Å². The number of nitrogens with two attached hydrogens (primary N) is 1. The molecule has 1 saturated heterocycles. The molecule has 0 bridgehead atoms. The van der Waals surface area contributed by atoms with E-state index in [1.54, 1.807) is 0 Å². The summed E-state index contributed by atoms with van der Waals surface area (Å²) in [6.07, 6.45) is 0.836. The molecule has 2 rings (SSSR count). The van der Waals surface area contributed by atoms with Gasteiger partial charge in [0.1, 0.15) is 11.6 Å². The second kappa shape index (κ2) is 4.61. The Bertz CT molecular complexity index is 408. The van der Waals surface area contributed by atoms with Gasteiger partial charge in [-0.1, -0.05) is 6.92 Å². The van der Waals surface area contributed by atoms with Gasteiger partial charge in [-0.25, -0.2) is 8.78 Å². The molecule has 3 unspecified atom stereocenters. The lowest BCUT2D eigenvalue weighted by molar-refractivity contribution is 0.313. The van der Waals surface area contributed by atoms with E-state index in [0.29, 0.717) is 11.6 Å². The number of halogens is 2. The van der Waals surface area contributed by atoms with Crippen LogP contribution < -0.4 is 10.6 Å². The van der Waals surface area contributed by atoms with E-state index >= 15 is 0 Å². The third-order valence-electron chi connectivity index (χ3n) is 3.85. The lowest BCUT2D eigenvalue weighted by atomic mass is 9.87. The van der Waals surface area contributed by atoms with E-state index in [9.17, 15) is 8.78 Å². The first-order chi connectivity index (χ1) is 8.00. The molecule has 1 aromatic carbocycles. The summed E-state index contributed by atoms with van der Waals surface area (Å²) >= 11 is 0. The maximum atomic E-state index is 13.7. The highest BCUT2D eigenvalue weighted by molar-refractivity contribution is 5.49. The molecule has 94 valence electrons. The first kappa shape index (κ1) is 12.3. The summed E-state index contributed by atoms with van der Waals surface area (Å²) in [5.74, 6) is -0.742. The van der Waals surface area contributed by atoms with Gasteiger partial charge in [-0.2, -0.15) is 0 Å². The molecular formula is C13H18F2N2. The highest BCUT2D eigenvalue weighted by atomic mass is 19.1. The van der Waals surface area contributed by atoms with Crippen molar-refractivity contribution in [3.05, 3.63) is 29.8 Å². The van der Waals surface area contributed by atoms with Crippen molar-refractivity contribution in [3.8, 4) is 0 Å². The van der Waals surface area contributed by atoms with Crippen LogP contribution in [0.2, 0.25) is 0 Å². The molecule has 0 aliphatic carbocycles. The molecule has 1 aliphatic rings. The summed E-state index contributed by atoms with van der Waals surface area (Å²) < 4.78 is 26.6. The highest BCUT2D eigenvalue weighted by Gasteiger charge is 2.31. The largest absolute Gasteiger partial charge is 0.366 e. The Labute approximate surface area is 100 Å². The van der Waals surface area contributed by atoms with E-state index in [4.69, 9.17) is 5.73 Å². The number of rotatable bonds is 1. The van der Waals surface area contributed by atoms with Gasteiger partial charge in [-0.15, -0.1) is 0 Å². The zero-order chi connectivity index (χ0) is 12.6. The molecule has 0 saturated carbocycles. The first-order valence-corrected chi connectivity index (χ1v) is 5.98. The average molecular weight is 240 g/mol. The van der Waals surface area contributed by atoms with Gasteiger partial charge < -0.3 is 10.6 Å². The molecule has 1 aromatic rings. The Kier molecular flexibility index (Phi) is 3.33. The lowest BCUT2D eigenvalue weighted by Gasteiger charge is -2.42. The lowest BCUT2D eigenvalue weighted by Crippen LogP contribution is -2.52. The van der Waals surface area contributed by atoms with Crippen LogP contribution in [0.5, 0.6) is 0 Å². The molecule has 0 amide bonds. The summed E-state index contributed by atoms with van der Waals surface area (Å²) in [5.41, 5.74) is 6.46. The van der Waals surface area contributed by atoms with Gasteiger partial charge in [0.05, 0.1) is 5.69 Å². The Morgan fingerprint density at radius 1 is 1.29 bits per heavy atom. The van der Waals surface area contributed by atoms with Crippen LogP contribution in [-0.2, 0) is 0 Å². The number of hydrogen-bond acceptors (Lipinski definition) is 2. The molecule has 1 aliphatic heterocycles. The molecular weight excluding hydrogens is 222 g/mol. The third kappa shape index (κ3) is 2.27. The van der Waals surface area contributed by atoms with Crippen LogP contribution in [-0.4, -0.2) is 18.6 Å². The van der Waals surface area contributed by atoms with Crippen LogP contribution >= 0.6 is 0 Å². The van der Waals surface area contributed by atoms with Crippen molar-refractivity contribution in [1.29, 1.82) is 0 Å². The van der Waals surface area contributed by atoms with E-state index in [1.807, 2.05) is 11.8 Å². The fourth-order valence-corrected chi connectivity index (χ4v) is 2.45. The van der Waals surface area contributed by atoms with E-state index in [-0.39, 0.29) is 12.1 Å². The third-order valence-corrected chi connectivity index (χ3v) is 3.85. The molecule has 3 atom stereocenters. The fraction of sp³-hybridized carbons (Fsp3) is 0.538.